The fraction of sp³-hybridized carbons (Fsp3) is 0.727. The zero-order valence-electron chi connectivity index (χ0n) is 7.96. The lowest BCUT2D eigenvalue weighted by atomic mass is 10.1. The van der Waals surface area contributed by atoms with Crippen molar-refractivity contribution in [2.75, 3.05) is 6.61 Å². The van der Waals surface area contributed by atoms with E-state index < -0.39 is 0 Å². The third kappa shape index (κ3) is 2.41. The number of ether oxygens (including phenoxy) is 1. The molecule has 2 nitrogen and oxygen atoms in total. The van der Waals surface area contributed by atoms with E-state index >= 15 is 0 Å². The molecule has 0 N–H and O–H groups in total. The van der Waals surface area contributed by atoms with E-state index in [0.717, 1.165) is 24.7 Å². The van der Waals surface area contributed by atoms with Gasteiger partial charge in [-0.3, -0.25) is 0 Å². The molecule has 0 unspecified atom stereocenters. The van der Waals surface area contributed by atoms with Crippen molar-refractivity contribution in [3.63, 3.8) is 0 Å². The highest BCUT2D eigenvalue weighted by molar-refractivity contribution is 14.1. The average molecular weight is 304 g/mol. The molecule has 76 valence electrons. The van der Waals surface area contributed by atoms with Gasteiger partial charge in [-0.25, -0.2) is 4.79 Å². The standard InChI is InChI=1S/C11H13IO2/c12-11(13)14-7-10-8-5-3-1-2-4-6-9(8)10/h8-10H,3-7H2/t8-,9+,10-. The van der Waals surface area contributed by atoms with E-state index in [1.807, 2.05) is 0 Å². The van der Waals surface area contributed by atoms with Crippen LogP contribution in [0.3, 0.4) is 0 Å². The first-order valence-corrected chi connectivity index (χ1v) is 6.15. The van der Waals surface area contributed by atoms with Crippen molar-refractivity contribution < 1.29 is 9.53 Å². The zero-order valence-corrected chi connectivity index (χ0v) is 10.1. The minimum Gasteiger partial charge on any atom is -0.458 e. The maximum atomic E-state index is 10.7. The van der Waals surface area contributed by atoms with Crippen LogP contribution < -0.4 is 0 Å². The molecule has 0 saturated heterocycles. The van der Waals surface area contributed by atoms with Crippen molar-refractivity contribution in [2.45, 2.75) is 25.7 Å². The lowest BCUT2D eigenvalue weighted by molar-refractivity contribution is 0.169. The van der Waals surface area contributed by atoms with E-state index in [1.165, 1.54) is 12.8 Å². The molecule has 0 spiro atoms. The summed E-state index contributed by atoms with van der Waals surface area (Å²) in [6.07, 6.45) is 4.44. The Labute approximate surface area is 97.9 Å². The smallest absolute Gasteiger partial charge is 0.367 e. The largest absolute Gasteiger partial charge is 0.458 e. The highest BCUT2D eigenvalue weighted by atomic mass is 127. The van der Waals surface area contributed by atoms with Crippen LogP contribution in [0.4, 0.5) is 4.79 Å². The summed E-state index contributed by atoms with van der Waals surface area (Å²) in [6, 6.07) is 0. The second kappa shape index (κ2) is 4.52. The van der Waals surface area contributed by atoms with Gasteiger partial charge in [-0.15, -0.1) is 11.8 Å². The van der Waals surface area contributed by atoms with E-state index in [9.17, 15) is 4.79 Å². The molecule has 2 aliphatic rings. The van der Waals surface area contributed by atoms with Gasteiger partial charge in [0.2, 0.25) is 0 Å². The summed E-state index contributed by atoms with van der Waals surface area (Å²) in [4.78, 5) is 10.7. The van der Waals surface area contributed by atoms with E-state index in [2.05, 4.69) is 11.8 Å². The van der Waals surface area contributed by atoms with Crippen LogP contribution in [0.25, 0.3) is 0 Å². The van der Waals surface area contributed by atoms with Crippen LogP contribution in [0.2, 0.25) is 0 Å². The van der Waals surface area contributed by atoms with E-state index in [-0.39, 0.29) is 3.98 Å². The first kappa shape index (κ1) is 10.3. The number of carbonyl (C=O) groups is 1. The lowest BCUT2D eigenvalue weighted by Crippen LogP contribution is -2.00. The molecular weight excluding hydrogens is 291 g/mol. The summed E-state index contributed by atoms with van der Waals surface area (Å²) in [7, 11) is 0. The Morgan fingerprint density at radius 1 is 1.29 bits per heavy atom. The SMILES string of the molecule is O=C(I)OC[C@@H]1[C@@H]2CCC#CCC[C@@H]21. The van der Waals surface area contributed by atoms with Gasteiger partial charge in [0.15, 0.2) is 0 Å². The molecule has 0 heterocycles. The molecule has 2 rings (SSSR count). The van der Waals surface area contributed by atoms with Gasteiger partial charge in [-0.1, -0.05) is 0 Å². The van der Waals surface area contributed by atoms with Crippen molar-refractivity contribution in [1.29, 1.82) is 0 Å². The van der Waals surface area contributed by atoms with E-state index in [0.29, 0.717) is 12.5 Å². The van der Waals surface area contributed by atoms with Crippen molar-refractivity contribution in [1.82, 2.24) is 0 Å². The summed E-state index contributed by atoms with van der Waals surface area (Å²) >= 11 is 1.69. The summed E-state index contributed by atoms with van der Waals surface area (Å²) in [5, 5.41) is 0. The Morgan fingerprint density at radius 2 is 1.86 bits per heavy atom. The Balaban J connectivity index is 1.79. The molecule has 0 aromatic heterocycles. The van der Waals surface area contributed by atoms with Crippen LogP contribution in [0, 0.1) is 29.6 Å². The maximum Gasteiger partial charge on any atom is 0.367 e. The number of carbonyl (C=O) groups excluding carboxylic acids is 1. The lowest BCUT2D eigenvalue weighted by Gasteiger charge is -1.98. The molecule has 0 aliphatic heterocycles. The van der Waals surface area contributed by atoms with Crippen LogP contribution in [0.1, 0.15) is 25.7 Å². The molecule has 1 saturated carbocycles. The Kier molecular flexibility index (Phi) is 3.32. The Hall–Kier alpha value is -0.240. The van der Waals surface area contributed by atoms with Crippen LogP contribution in [-0.4, -0.2) is 10.6 Å². The molecular formula is C11H13IO2. The molecule has 0 aromatic carbocycles. The Morgan fingerprint density at radius 3 is 2.36 bits per heavy atom. The molecule has 0 radical (unpaired) electrons. The number of rotatable bonds is 2. The van der Waals surface area contributed by atoms with Crippen molar-refractivity contribution in [2.24, 2.45) is 17.8 Å². The number of hydrogen-bond acceptors (Lipinski definition) is 2. The Bertz CT molecular complexity index is 271. The van der Waals surface area contributed by atoms with Gasteiger partial charge < -0.3 is 4.74 Å². The predicted octanol–water partition coefficient (Wildman–Crippen LogP) is 3.00. The highest BCUT2D eigenvalue weighted by Gasteiger charge is 2.49. The minimum absolute atomic E-state index is 0.182. The molecule has 1 fully saturated rings. The number of fused-ring (bicyclic) bond motifs is 1. The highest BCUT2D eigenvalue weighted by Crippen LogP contribution is 2.52. The summed E-state index contributed by atoms with van der Waals surface area (Å²) in [6.45, 7) is 0.622. The summed E-state index contributed by atoms with van der Waals surface area (Å²) in [5.74, 6) is 8.52. The predicted molar refractivity (Wildman–Crippen MR) is 62.1 cm³/mol. The fourth-order valence-electron chi connectivity index (χ4n) is 2.44. The van der Waals surface area contributed by atoms with Crippen LogP contribution in [0.5, 0.6) is 0 Å². The first-order valence-electron chi connectivity index (χ1n) is 5.07. The quantitative estimate of drug-likeness (QED) is 0.445. The van der Waals surface area contributed by atoms with Gasteiger partial charge in [-0.05, 0) is 30.6 Å². The minimum atomic E-state index is -0.182. The van der Waals surface area contributed by atoms with Crippen LogP contribution in [0.15, 0.2) is 0 Å². The zero-order chi connectivity index (χ0) is 9.97. The topological polar surface area (TPSA) is 26.3 Å². The monoisotopic (exact) mass is 304 g/mol. The number of hydrogen-bond donors (Lipinski definition) is 0. The van der Waals surface area contributed by atoms with Gasteiger partial charge in [0.25, 0.3) is 0 Å². The molecule has 3 heteroatoms. The van der Waals surface area contributed by atoms with Gasteiger partial charge in [0, 0.05) is 12.8 Å². The second-order valence-corrected chi connectivity index (χ2v) is 4.85. The molecule has 0 bridgehead atoms. The average Bonchev–Trinajstić information content (AvgIpc) is 2.72. The van der Waals surface area contributed by atoms with Crippen molar-refractivity contribution in [3.8, 4) is 11.8 Å². The van der Waals surface area contributed by atoms with Crippen LogP contribution in [-0.2, 0) is 4.74 Å². The molecule has 3 atom stereocenters. The molecule has 0 aromatic rings. The molecule has 0 amide bonds. The van der Waals surface area contributed by atoms with Crippen molar-refractivity contribution in [3.05, 3.63) is 0 Å². The third-order valence-corrected chi connectivity index (χ3v) is 3.54. The first-order chi connectivity index (χ1) is 6.79. The fourth-order valence-corrected chi connectivity index (χ4v) is 2.62. The normalized spacial score (nSPS) is 34.2. The third-order valence-electron chi connectivity index (χ3n) is 3.23. The van der Waals surface area contributed by atoms with Gasteiger partial charge in [-0.2, -0.15) is 0 Å². The summed E-state index contributed by atoms with van der Waals surface area (Å²) in [5.41, 5.74) is 0. The van der Waals surface area contributed by atoms with Gasteiger partial charge in [0.05, 0.1) is 29.2 Å². The number of halogens is 1. The van der Waals surface area contributed by atoms with Crippen molar-refractivity contribution >= 4 is 26.6 Å². The van der Waals surface area contributed by atoms with Gasteiger partial charge in [0.1, 0.15) is 0 Å². The maximum absolute atomic E-state index is 10.7. The second-order valence-electron chi connectivity index (χ2n) is 3.97. The summed E-state index contributed by atoms with van der Waals surface area (Å²) < 4.78 is 4.86. The van der Waals surface area contributed by atoms with E-state index in [1.54, 1.807) is 22.6 Å². The molecule has 14 heavy (non-hydrogen) atoms. The molecule has 2 aliphatic carbocycles. The van der Waals surface area contributed by atoms with Gasteiger partial charge >= 0.3 is 3.98 Å². The van der Waals surface area contributed by atoms with Crippen LogP contribution >= 0.6 is 22.6 Å². The van der Waals surface area contributed by atoms with E-state index in [4.69, 9.17) is 4.74 Å².